The van der Waals surface area contributed by atoms with Crippen LogP contribution in [0.3, 0.4) is 0 Å². The Balaban J connectivity index is 1.58. The quantitative estimate of drug-likeness (QED) is 0.597. The Morgan fingerprint density at radius 3 is 2.28 bits per heavy atom. The predicted molar refractivity (Wildman–Crippen MR) is 118 cm³/mol. The lowest BCUT2D eigenvalue weighted by molar-refractivity contribution is -0.120. The standard InChI is InChI=1S/C19H18Cl4N2O3S/c20-14-2-4-18(17(23)10-14)24-19(26)13-5-7-25(8-6-13)29(27,28)11-12-1-3-15(21)16(22)9-12/h1-4,9-10,13H,5-8,11H2,(H,24,26). The number of carbonyl (C=O) groups excluding carboxylic acids is 1. The Bertz CT molecular complexity index is 1020. The molecular formula is C19H18Cl4N2O3S. The maximum absolute atomic E-state index is 12.7. The van der Waals surface area contributed by atoms with Crippen molar-refractivity contribution in [2.45, 2.75) is 18.6 Å². The van der Waals surface area contributed by atoms with Crippen LogP contribution in [0.2, 0.25) is 20.1 Å². The Morgan fingerprint density at radius 2 is 1.66 bits per heavy atom. The molecule has 1 heterocycles. The lowest BCUT2D eigenvalue weighted by atomic mass is 9.97. The van der Waals surface area contributed by atoms with Crippen molar-refractivity contribution in [2.24, 2.45) is 5.92 Å². The van der Waals surface area contributed by atoms with E-state index in [-0.39, 0.29) is 30.7 Å². The summed E-state index contributed by atoms with van der Waals surface area (Å²) in [6.07, 6.45) is 0.856. The normalized spacial score (nSPS) is 16.0. The monoisotopic (exact) mass is 494 g/mol. The summed E-state index contributed by atoms with van der Waals surface area (Å²) in [4.78, 5) is 12.5. The second-order valence-electron chi connectivity index (χ2n) is 6.79. The van der Waals surface area contributed by atoms with Crippen molar-refractivity contribution >= 4 is 68.0 Å². The van der Waals surface area contributed by atoms with Crippen LogP contribution in [0.15, 0.2) is 36.4 Å². The first-order valence-electron chi connectivity index (χ1n) is 8.83. The van der Waals surface area contributed by atoms with E-state index in [1.165, 1.54) is 4.31 Å². The smallest absolute Gasteiger partial charge is 0.227 e. The van der Waals surface area contributed by atoms with E-state index in [2.05, 4.69) is 5.32 Å². The minimum atomic E-state index is -3.52. The highest BCUT2D eigenvalue weighted by molar-refractivity contribution is 7.88. The third-order valence-electron chi connectivity index (χ3n) is 4.74. The fourth-order valence-corrected chi connectivity index (χ4v) is 5.48. The fraction of sp³-hybridized carbons (Fsp3) is 0.316. The number of amides is 1. The first kappa shape index (κ1) is 22.7. The molecule has 0 spiro atoms. The largest absolute Gasteiger partial charge is 0.325 e. The maximum atomic E-state index is 12.7. The van der Waals surface area contributed by atoms with Gasteiger partial charge in [0.25, 0.3) is 0 Å². The fourth-order valence-electron chi connectivity index (χ4n) is 3.15. The Kier molecular flexibility index (Phi) is 7.36. The molecule has 1 amide bonds. The van der Waals surface area contributed by atoms with E-state index in [0.717, 1.165) is 0 Å². The lowest BCUT2D eigenvalue weighted by Crippen LogP contribution is -2.41. The first-order valence-corrected chi connectivity index (χ1v) is 12.0. The van der Waals surface area contributed by atoms with Crippen LogP contribution in [-0.2, 0) is 20.6 Å². The van der Waals surface area contributed by atoms with Gasteiger partial charge in [-0.15, -0.1) is 0 Å². The van der Waals surface area contributed by atoms with Crippen LogP contribution >= 0.6 is 46.4 Å². The minimum Gasteiger partial charge on any atom is -0.325 e. The zero-order valence-electron chi connectivity index (χ0n) is 15.2. The van der Waals surface area contributed by atoms with E-state index in [1.807, 2.05) is 0 Å². The first-order chi connectivity index (χ1) is 13.7. The number of hydrogen-bond acceptors (Lipinski definition) is 3. The molecule has 156 valence electrons. The summed E-state index contributed by atoms with van der Waals surface area (Å²) in [5.41, 5.74) is 1.05. The number of rotatable bonds is 5. The Hall–Kier alpha value is -1.02. The summed E-state index contributed by atoms with van der Waals surface area (Å²) >= 11 is 23.8. The zero-order valence-corrected chi connectivity index (χ0v) is 19.0. The highest BCUT2D eigenvalue weighted by Crippen LogP contribution is 2.29. The van der Waals surface area contributed by atoms with Crippen LogP contribution in [0.1, 0.15) is 18.4 Å². The Labute approximate surface area is 189 Å². The highest BCUT2D eigenvalue weighted by atomic mass is 35.5. The molecule has 5 nitrogen and oxygen atoms in total. The number of benzene rings is 2. The zero-order chi connectivity index (χ0) is 21.2. The van der Waals surface area contributed by atoms with Gasteiger partial charge >= 0.3 is 0 Å². The number of nitrogens with zero attached hydrogens (tertiary/aromatic N) is 1. The molecule has 3 rings (SSSR count). The molecule has 10 heteroatoms. The predicted octanol–water partition coefficient (Wildman–Crippen LogP) is 5.48. The third-order valence-corrected chi connectivity index (χ3v) is 7.88. The van der Waals surface area contributed by atoms with Gasteiger partial charge in [0, 0.05) is 24.0 Å². The molecule has 1 N–H and O–H groups in total. The maximum Gasteiger partial charge on any atom is 0.227 e. The van der Waals surface area contributed by atoms with E-state index in [9.17, 15) is 13.2 Å². The second kappa shape index (κ2) is 9.41. The molecule has 1 saturated heterocycles. The number of sulfonamides is 1. The van der Waals surface area contributed by atoms with Gasteiger partial charge in [0.2, 0.25) is 15.9 Å². The number of nitrogens with one attached hydrogen (secondary N) is 1. The number of hydrogen-bond donors (Lipinski definition) is 1. The summed E-state index contributed by atoms with van der Waals surface area (Å²) in [6, 6.07) is 9.60. The van der Waals surface area contributed by atoms with Gasteiger partial charge in [-0.05, 0) is 48.7 Å². The van der Waals surface area contributed by atoms with Crippen LogP contribution < -0.4 is 5.32 Å². The van der Waals surface area contributed by atoms with Gasteiger partial charge in [0.15, 0.2) is 0 Å². The molecule has 0 unspecified atom stereocenters. The molecule has 1 aliphatic heterocycles. The van der Waals surface area contributed by atoms with E-state index >= 15 is 0 Å². The van der Waals surface area contributed by atoms with Gasteiger partial charge in [-0.3, -0.25) is 4.79 Å². The molecule has 0 aromatic heterocycles. The van der Waals surface area contributed by atoms with Crippen molar-refractivity contribution in [1.29, 1.82) is 0 Å². The summed E-state index contributed by atoms with van der Waals surface area (Å²) in [5, 5.41) is 4.31. The molecule has 1 aliphatic rings. The number of anilines is 1. The molecule has 0 aliphatic carbocycles. The second-order valence-corrected chi connectivity index (χ2v) is 10.4. The van der Waals surface area contributed by atoms with Gasteiger partial charge in [-0.1, -0.05) is 52.5 Å². The average molecular weight is 496 g/mol. The molecule has 1 fully saturated rings. The third kappa shape index (κ3) is 5.78. The van der Waals surface area contributed by atoms with Gasteiger partial charge in [0.05, 0.1) is 26.5 Å². The summed E-state index contributed by atoms with van der Waals surface area (Å²) in [5.74, 6) is -0.643. The lowest BCUT2D eigenvalue weighted by Gasteiger charge is -2.30. The van der Waals surface area contributed by atoms with Crippen molar-refractivity contribution < 1.29 is 13.2 Å². The van der Waals surface area contributed by atoms with Crippen molar-refractivity contribution in [3.05, 3.63) is 62.1 Å². The molecule has 29 heavy (non-hydrogen) atoms. The van der Waals surface area contributed by atoms with Crippen LogP contribution in [0.5, 0.6) is 0 Å². The number of piperidine rings is 1. The van der Waals surface area contributed by atoms with Gasteiger partial charge in [-0.25, -0.2) is 12.7 Å². The molecule has 0 atom stereocenters. The van der Waals surface area contributed by atoms with Gasteiger partial charge in [-0.2, -0.15) is 0 Å². The van der Waals surface area contributed by atoms with E-state index < -0.39 is 10.0 Å². The van der Waals surface area contributed by atoms with Gasteiger partial charge < -0.3 is 5.32 Å². The Morgan fingerprint density at radius 1 is 0.966 bits per heavy atom. The summed E-state index contributed by atoms with van der Waals surface area (Å²) in [6.45, 7) is 0.548. The molecule has 2 aromatic carbocycles. The topological polar surface area (TPSA) is 66.5 Å². The number of carbonyl (C=O) groups is 1. The van der Waals surface area contributed by atoms with Crippen molar-refractivity contribution in [1.82, 2.24) is 4.31 Å². The average Bonchev–Trinajstić information content (AvgIpc) is 2.67. The summed E-state index contributed by atoms with van der Waals surface area (Å²) < 4.78 is 26.8. The van der Waals surface area contributed by atoms with Crippen molar-refractivity contribution in [2.75, 3.05) is 18.4 Å². The molecule has 0 saturated carbocycles. The van der Waals surface area contributed by atoms with Crippen molar-refractivity contribution in [3.63, 3.8) is 0 Å². The molecule has 0 radical (unpaired) electrons. The van der Waals surface area contributed by atoms with Crippen LogP contribution in [0, 0.1) is 5.92 Å². The van der Waals surface area contributed by atoms with Crippen LogP contribution in [0.4, 0.5) is 5.69 Å². The van der Waals surface area contributed by atoms with Crippen molar-refractivity contribution in [3.8, 4) is 0 Å². The molecule has 2 aromatic rings. The van der Waals surface area contributed by atoms with Crippen LogP contribution in [-0.4, -0.2) is 31.7 Å². The number of halogens is 4. The molecule has 0 bridgehead atoms. The van der Waals surface area contributed by atoms with E-state index in [0.29, 0.717) is 44.2 Å². The van der Waals surface area contributed by atoms with E-state index in [1.54, 1.807) is 36.4 Å². The minimum absolute atomic E-state index is 0.166. The van der Waals surface area contributed by atoms with Crippen LogP contribution in [0.25, 0.3) is 0 Å². The van der Waals surface area contributed by atoms with E-state index in [4.69, 9.17) is 46.4 Å². The highest BCUT2D eigenvalue weighted by Gasteiger charge is 2.31. The molecular weight excluding hydrogens is 478 g/mol. The van der Waals surface area contributed by atoms with Gasteiger partial charge in [0.1, 0.15) is 0 Å². The summed E-state index contributed by atoms with van der Waals surface area (Å²) in [7, 11) is -3.52. The SMILES string of the molecule is O=C(Nc1ccc(Cl)cc1Cl)C1CCN(S(=O)(=O)Cc2ccc(Cl)c(Cl)c2)CC1.